The van der Waals surface area contributed by atoms with Gasteiger partial charge in [0.1, 0.15) is 0 Å². The Morgan fingerprint density at radius 1 is 1.03 bits per heavy atom. The first kappa shape index (κ1) is 27.0. The van der Waals surface area contributed by atoms with Crippen LogP contribution < -0.4 is 5.32 Å². The van der Waals surface area contributed by atoms with Gasteiger partial charge in [-0.05, 0) is 47.2 Å². The maximum Gasteiger partial charge on any atom is 0.392 e. The molecular weight excluding hydrogens is 478 g/mol. The van der Waals surface area contributed by atoms with Gasteiger partial charge in [-0.1, -0.05) is 69.1 Å². The second-order valence-electron chi connectivity index (χ2n) is 9.12. The molecule has 0 heterocycles. The molecule has 33 heavy (non-hydrogen) atoms. The Kier molecular flexibility index (Phi) is 8.47. The van der Waals surface area contributed by atoms with Crippen LogP contribution in [0.3, 0.4) is 0 Å². The summed E-state index contributed by atoms with van der Waals surface area (Å²) >= 11 is 12.0. The number of rotatable bonds is 7. The number of carboxylic acids is 1. The molecule has 0 bridgehead atoms. The number of alkyl halides is 3. The maximum atomic E-state index is 13.5. The van der Waals surface area contributed by atoms with Gasteiger partial charge < -0.3 is 10.4 Å². The first-order chi connectivity index (χ1) is 15.1. The van der Waals surface area contributed by atoms with E-state index in [4.69, 9.17) is 23.2 Å². The van der Waals surface area contributed by atoms with E-state index in [1.807, 2.05) is 0 Å². The van der Waals surface area contributed by atoms with Crippen molar-refractivity contribution in [3.05, 3.63) is 63.6 Å². The van der Waals surface area contributed by atoms with Gasteiger partial charge in [-0.2, -0.15) is 13.2 Å². The number of amides is 1. The summed E-state index contributed by atoms with van der Waals surface area (Å²) in [4.78, 5) is 24.7. The molecule has 4 nitrogen and oxygen atoms in total. The van der Waals surface area contributed by atoms with Crippen molar-refractivity contribution in [2.45, 2.75) is 46.2 Å². The molecule has 180 valence electrons. The Morgan fingerprint density at radius 2 is 1.61 bits per heavy atom. The zero-order chi connectivity index (χ0) is 25.1. The topological polar surface area (TPSA) is 66.4 Å². The van der Waals surface area contributed by atoms with Crippen molar-refractivity contribution in [3.63, 3.8) is 0 Å². The summed E-state index contributed by atoms with van der Waals surface area (Å²) in [6, 6.07) is 10.2. The van der Waals surface area contributed by atoms with Gasteiger partial charge in [0, 0.05) is 5.02 Å². The molecule has 2 aromatic rings. The standard InChI is InChI=1S/C24H26Cl2F3NO3/c1-13(24(27,28)29)20(15-6-8-16(25)9-7-15)21(31)30-19-12-14(5-10-18(19)26)11-17(22(32)33)23(2,3)4/h5-10,12-13,17,20H,11H2,1-4H3,(H,30,31)(H,32,33)/t13-,17?,20+/m1/s1. The van der Waals surface area contributed by atoms with Crippen LogP contribution in [0.5, 0.6) is 0 Å². The molecule has 1 unspecified atom stereocenters. The molecule has 0 radical (unpaired) electrons. The molecule has 9 heteroatoms. The minimum Gasteiger partial charge on any atom is -0.481 e. The van der Waals surface area contributed by atoms with Crippen molar-refractivity contribution < 1.29 is 27.9 Å². The van der Waals surface area contributed by atoms with E-state index in [9.17, 15) is 27.9 Å². The van der Waals surface area contributed by atoms with Gasteiger partial charge in [0.05, 0.1) is 28.5 Å². The zero-order valence-corrected chi connectivity index (χ0v) is 20.1. The summed E-state index contributed by atoms with van der Waals surface area (Å²) in [6.45, 7) is 6.36. The van der Waals surface area contributed by atoms with Crippen LogP contribution in [0, 0.1) is 17.3 Å². The lowest BCUT2D eigenvalue weighted by atomic mass is 9.77. The van der Waals surface area contributed by atoms with Gasteiger partial charge in [-0.15, -0.1) is 0 Å². The van der Waals surface area contributed by atoms with Gasteiger partial charge in [-0.25, -0.2) is 0 Å². The molecule has 0 aromatic heterocycles. The highest BCUT2D eigenvalue weighted by molar-refractivity contribution is 6.33. The number of carbonyl (C=O) groups excluding carboxylic acids is 1. The largest absolute Gasteiger partial charge is 0.481 e. The van der Waals surface area contributed by atoms with E-state index in [2.05, 4.69) is 5.32 Å². The predicted molar refractivity (Wildman–Crippen MR) is 124 cm³/mol. The van der Waals surface area contributed by atoms with Crippen molar-refractivity contribution in [3.8, 4) is 0 Å². The lowest BCUT2D eigenvalue weighted by Gasteiger charge is -2.27. The average molecular weight is 504 g/mol. The fourth-order valence-electron chi connectivity index (χ4n) is 3.53. The van der Waals surface area contributed by atoms with E-state index in [-0.39, 0.29) is 22.7 Å². The highest BCUT2D eigenvalue weighted by Gasteiger charge is 2.45. The molecular formula is C24H26Cl2F3NO3. The van der Waals surface area contributed by atoms with E-state index in [1.54, 1.807) is 26.8 Å². The Hall–Kier alpha value is -2.25. The molecule has 0 aliphatic carbocycles. The van der Waals surface area contributed by atoms with Gasteiger partial charge in [0.25, 0.3) is 0 Å². The van der Waals surface area contributed by atoms with Gasteiger partial charge >= 0.3 is 12.1 Å². The number of carboxylic acid groups (broad SMARTS) is 1. The van der Waals surface area contributed by atoms with Gasteiger partial charge in [0.15, 0.2) is 0 Å². The molecule has 0 aliphatic rings. The molecule has 0 fully saturated rings. The van der Waals surface area contributed by atoms with Crippen LogP contribution in [0.25, 0.3) is 0 Å². The third kappa shape index (κ3) is 7.11. The van der Waals surface area contributed by atoms with Crippen LogP contribution in [0.15, 0.2) is 42.5 Å². The second-order valence-corrected chi connectivity index (χ2v) is 9.97. The molecule has 1 amide bonds. The molecule has 0 aliphatic heterocycles. The molecule has 2 rings (SSSR count). The number of hydrogen-bond donors (Lipinski definition) is 2. The minimum atomic E-state index is -4.62. The normalized spacial score (nSPS) is 14.9. The first-order valence-electron chi connectivity index (χ1n) is 10.3. The number of anilines is 1. The van der Waals surface area contributed by atoms with Crippen molar-refractivity contribution in [1.82, 2.24) is 0 Å². The fourth-order valence-corrected chi connectivity index (χ4v) is 3.82. The van der Waals surface area contributed by atoms with E-state index in [0.29, 0.717) is 10.6 Å². The van der Waals surface area contributed by atoms with Crippen LogP contribution in [0.4, 0.5) is 18.9 Å². The van der Waals surface area contributed by atoms with Crippen LogP contribution in [-0.2, 0) is 16.0 Å². The summed E-state index contributed by atoms with van der Waals surface area (Å²) in [5.74, 6) is -6.08. The van der Waals surface area contributed by atoms with E-state index >= 15 is 0 Å². The van der Waals surface area contributed by atoms with Crippen LogP contribution in [-0.4, -0.2) is 23.2 Å². The Labute approximate surface area is 201 Å². The average Bonchev–Trinajstić information content (AvgIpc) is 2.68. The maximum absolute atomic E-state index is 13.5. The Bertz CT molecular complexity index is 1000. The summed E-state index contributed by atoms with van der Waals surface area (Å²) in [7, 11) is 0. The quantitative estimate of drug-likeness (QED) is 0.419. The molecule has 0 spiro atoms. The first-order valence-corrected chi connectivity index (χ1v) is 11.0. The highest BCUT2D eigenvalue weighted by atomic mass is 35.5. The van der Waals surface area contributed by atoms with Gasteiger partial charge in [0.2, 0.25) is 5.91 Å². The molecule has 0 saturated carbocycles. The third-order valence-corrected chi connectivity index (χ3v) is 6.18. The van der Waals surface area contributed by atoms with E-state index in [1.165, 1.54) is 36.4 Å². The summed E-state index contributed by atoms with van der Waals surface area (Å²) in [5, 5.41) is 12.6. The third-order valence-electron chi connectivity index (χ3n) is 5.60. The van der Waals surface area contributed by atoms with Crippen LogP contribution in [0.1, 0.15) is 44.7 Å². The molecule has 0 saturated heterocycles. The van der Waals surface area contributed by atoms with E-state index in [0.717, 1.165) is 6.92 Å². The summed E-state index contributed by atoms with van der Waals surface area (Å²) in [5.41, 5.74) is 0.332. The zero-order valence-electron chi connectivity index (χ0n) is 18.6. The smallest absolute Gasteiger partial charge is 0.392 e. The van der Waals surface area contributed by atoms with Crippen LogP contribution in [0.2, 0.25) is 10.0 Å². The molecule has 2 N–H and O–H groups in total. The monoisotopic (exact) mass is 503 g/mol. The van der Waals surface area contributed by atoms with Crippen LogP contribution >= 0.6 is 23.2 Å². The number of carbonyl (C=O) groups is 2. The number of benzene rings is 2. The highest BCUT2D eigenvalue weighted by Crippen LogP contribution is 2.39. The number of hydrogen-bond acceptors (Lipinski definition) is 2. The van der Waals surface area contributed by atoms with Crippen molar-refractivity contribution in [2.24, 2.45) is 17.3 Å². The van der Waals surface area contributed by atoms with Crippen molar-refractivity contribution in [2.75, 3.05) is 5.32 Å². The lowest BCUT2D eigenvalue weighted by molar-refractivity contribution is -0.178. The number of halogens is 5. The summed E-state index contributed by atoms with van der Waals surface area (Å²) < 4.78 is 40.6. The van der Waals surface area contributed by atoms with Crippen molar-refractivity contribution >= 4 is 40.8 Å². The predicted octanol–water partition coefficient (Wildman–Crippen LogP) is 7.20. The van der Waals surface area contributed by atoms with Crippen molar-refractivity contribution in [1.29, 1.82) is 0 Å². The Morgan fingerprint density at radius 3 is 2.09 bits per heavy atom. The van der Waals surface area contributed by atoms with E-state index < -0.39 is 41.2 Å². The lowest BCUT2D eigenvalue weighted by Crippen LogP contribution is -2.34. The summed E-state index contributed by atoms with van der Waals surface area (Å²) in [6.07, 6.45) is -4.45. The number of aliphatic carboxylic acids is 1. The fraction of sp³-hybridized carbons (Fsp3) is 0.417. The molecule has 3 atom stereocenters. The minimum absolute atomic E-state index is 0.116. The second kappa shape index (κ2) is 10.3. The van der Waals surface area contributed by atoms with Gasteiger partial charge in [-0.3, -0.25) is 9.59 Å². The SMILES string of the molecule is C[C@H]([C@H](C(=O)Nc1cc(CC(C(=O)O)C(C)(C)C)ccc1Cl)c1ccc(Cl)cc1)C(F)(F)F. The molecule has 2 aromatic carbocycles. The number of nitrogens with one attached hydrogen (secondary N) is 1. The Balaban J connectivity index is 2.38.